The fourth-order valence-corrected chi connectivity index (χ4v) is 1.76. The molecule has 2 aromatic carbocycles. The fraction of sp³-hybridized carbons (Fsp3) is 0. The average molecular weight is 338 g/mol. The van der Waals surface area contributed by atoms with E-state index in [1.165, 1.54) is 48.5 Å². The van der Waals surface area contributed by atoms with Gasteiger partial charge in [-0.1, -0.05) is 0 Å². The molecule has 2 rings (SSSR count). The van der Waals surface area contributed by atoms with E-state index in [4.69, 9.17) is 0 Å². The molecule has 0 radical (unpaired) electrons. The maximum atomic E-state index is 12.3. The van der Waals surface area contributed by atoms with E-state index in [9.17, 15) is 22.4 Å². The lowest BCUT2D eigenvalue weighted by Gasteiger charge is -2.04. The van der Waals surface area contributed by atoms with Gasteiger partial charge >= 0.3 is 12.2 Å². The van der Waals surface area contributed by atoms with Crippen LogP contribution in [-0.2, 0) is 0 Å². The molecule has 7 heteroatoms. The van der Waals surface area contributed by atoms with Crippen LogP contribution in [0.1, 0.15) is 15.9 Å². The SMILES string of the molecule is O=C(c1ccc(OC=C(F)F)cc1)c1ccc(OC=C(F)F)cc1. The van der Waals surface area contributed by atoms with E-state index in [-0.39, 0.29) is 17.3 Å². The third-order valence-corrected chi connectivity index (χ3v) is 2.80. The lowest BCUT2D eigenvalue weighted by Crippen LogP contribution is -2.01. The third-order valence-electron chi connectivity index (χ3n) is 2.80. The maximum absolute atomic E-state index is 12.3. The Morgan fingerprint density at radius 1 is 0.667 bits per heavy atom. The molecule has 2 aromatic rings. The Morgan fingerprint density at radius 3 is 1.29 bits per heavy atom. The number of rotatable bonds is 6. The van der Waals surface area contributed by atoms with Crippen molar-refractivity contribution in [3.8, 4) is 11.5 Å². The molecule has 0 unspecified atom stereocenters. The first-order chi connectivity index (χ1) is 11.5. The molecule has 124 valence electrons. The van der Waals surface area contributed by atoms with Gasteiger partial charge in [0, 0.05) is 11.1 Å². The highest BCUT2D eigenvalue weighted by Gasteiger charge is 2.09. The van der Waals surface area contributed by atoms with Crippen LogP contribution >= 0.6 is 0 Å². The Morgan fingerprint density at radius 2 is 1.00 bits per heavy atom. The van der Waals surface area contributed by atoms with E-state index in [0.29, 0.717) is 23.7 Å². The molecule has 0 heterocycles. The van der Waals surface area contributed by atoms with Crippen molar-refractivity contribution in [3.63, 3.8) is 0 Å². The zero-order chi connectivity index (χ0) is 17.5. The molecule has 0 atom stereocenters. The summed E-state index contributed by atoms with van der Waals surface area (Å²) in [7, 11) is 0. The average Bonchev–Trinajstić information content (AvgIpc) is 2.58. The predicted molar refractivity (Wildman–Crippen MR) is 78.2 cm³/mol. The molecule has 0 aromatic heterocycles. The van der Waals surface area contributed by atoms with Gasteiger partial charge in [-0.25, -0.2) is 0 Å². The van der Waals surface area contributed by atoms with Gasteiger partial charge in [-0.05, 0) is 48.5 Å². The largest absolute Gasteiger partial charge is 0.459 e. The lowest BCUT2D eigenvalue weighted by molar-refractivity contribution is 0.103. The molecule has 0 spiro atoms. The van der Waals surface area contributed by atoms with Crippen molar-refractivity contribution < 1.29 is 31.8 Å². The summed E-state index contributed by atoms with van der Waals surface area (Å²) in [5.41, 5.74) is 0.630. The molecule has 3 nitrogen and oxygen atoms in total. The molecular formula is C17H10F4O3. The van der Waals surface area contributed by atoms with Crippen molar-refractivity contribution in [2.75, 3.05) is 0 Å². The van der Waals surface area contributed by atoms with Crippen LogP contribution in [0.15, 0.2) is 73.2 Å². The fourth-order valence-electron chi connectivity index (χ4n) is 1.76. The number of ketones is 1. The predicted octanol–water partition coefficient (Wildman–Crippen LogP) is 5.15. The number of hydrogen-bond donors (Lipinski definition) is 0. The molecule has 0 aliphatic heterocycles. The summed E-state index contributed by atoms with van der Waals surface area (Å²) in [4.78, 5) is 12.3. The highest BCUT2D eigenvalue weighted by atomic mass is 19.3. The van der Waals surface area contributed by atoms with Crippen LogP contribution in [0.3, 0.4) is 0 Å². The summed E-state index contributed by atoms with van der Waals surface area (Å²) in [6, 6.07) is 11.2. The molecule has 0 saturated heterocycles. The highest BCUT2D eigenvalue weighted by molar-refractivity contribution is 6.09. The molecule has 0 bridgehead atoms. The standard InChI is InChI=1S/C17H10F4O3/c18-15(19)9-23-13-5-1-11(2-6-13)17(22)12-3-7-14(8-4-12)24-10-16(20)21/h1-10H. The summed E-state index contributed by atoms with van der Waals surface area (Å²) in [5.74, 6) is -0.0150. The Balaban J connectivity index is 2.08. The monoisotopic (exact) mass is 338 g/mol. The van der Waals surface area contributed by atoms with Crippen molar-refractivity contribution >= 4 is 5.78 Å². The second-order valence-electron chi connectivity index (χ2n) is 4.43. The number of carbonyl (C=O) groups is 1. The van der Waals surface area contributed by atoms with Crippen LogP contribution < -0.4 is 9.47 Å². The highest BCUT2D eigenvalue weighted by Crippen LogP contribution is 2.19. The van der Waals surface area contributed by atoms with Gasteiger partial charge in [-0.3, -0.25) is 4.79 Å². The first-order valence-corrected chi connectivity index (χ1v) is 6.56. The Kier molecular flexibility index (Phi) is 5.73. The van der Waals surface area contributed by atoms with Crippen LogP contribution in [0, 0.1) is 0 Å². The van der Waals surface area contributed by atoms with Gasteiger partial charge in [-0.15, -0.1) is 0 Å². The van der Waals surface area contributed by atoms with E-state index in [1.807, 2.05) is 0 Å². The first-order valence-electron chi connectivity index (χ1n) is 6.56. The summed E-state index contributed by atoms with van der Waals surface area (Å²) in [5, 5.41) is 0. The molecule has 0 fully saturated rings. The van der Waals surface area contributed by atoms with Gasteiger partial charge in [0.15, 0.2) is 18.3 Å². The smallest absolute Gasteiger partial charge is 0.305 e. The molecule has 0 aliphatic carbocycles. The van der Waals surface area contributed by atoms with E-state index in [1.54, 1.807) is 0 Å². The summed E-state index contributed by atoms with van der Waals surface area (Å²) in [6.07, 6.45) is -3.35. The van der Waals surface area contributed by atoms with Gasteiger partial charge in [0.05, 0.1) is 0 Å². The molecule has 0 N–H and O–H groups in total. The minimum atomic E-state index is -1.97. The van der Waals surface area contributed by atoms with Gasteiger partial charge in [0.25, 0.3) is 0 Å². The molecular weight excluding hydrogens is 328 g/mol. The minimum Gasteiger partial charge on any atom is -0.459 e. The van der Waals surface area contributed by atoms with E-state index in [0.717, 1.165) is 0 Å². The Labute approximate surface area is 134 Å². The van der Waals surface area contributed by atoms with E-state index < -0.39 is 12.2 Å². The topological polar surface area (TPSA) is 35.5 Å². The van der Waals surface area contributed by atoms with Crippen LogP contribution in [0.4, 0.5) is 17.6 Å². The second kappa shape index (κ2) is 7.96. The quantitative estimate of drug-likeness (QED) is 0.415. The second-order valence-corrected chi connectivity index (χ2v) is 4.43. The van der Waals surface area contributed by atoms with Crippen molar-refractivity contribution in [3.05, 3.63) is 84.3 Å². The van der Waals surface area contributed by atoms with Crippen molar-refractivity contribution in [2.24, 2.45) is 0 Å². The maximum Gasteiger partial charge on any atom is 0.305 e. The van der Waals surface area contributed by atoms with Gasteiger partial charge in [0.2, 0.25) is 0 Å². The first kappa shape index (κ1) is 17.3. The van der Waals surface area contributed by atoms with Crippen LogP contribution in [-0.4, -0.2) is 5.78 Å². The molecule has 0 aliphatic rings. The summed E-state index contributed by atoms with van der Waals surface area (Å²) < 4.78 is 57.0. The van der Waals surface area contributed by atoms with Crippen LogP contribution in [0.5, 0.6) is 11.5 Å². The minimum absolute atomic E-state index is 0.156. The summed E-state index contributed by atoms with van der Waals surface area (Å²) in [6.45, 7) is 0. The van der Waals surface area contributed by atoms with Crippen LogP contribution in [0.25, 0.3) is 0 Å². The zero-order valence-corrected chi connectivity index (χ0v) is 12.0. The van der Waals surface area contributed by atoms with Gasteiger partial charge in [0.1, 0.15) is 11.5 Å². The Bertz CT molecular complexity index is 692. The summed E-state index contributed by atoms with van der Waals surface area (Å²) >= 11 is 0. The Hall–Kier alpha value is -3.09. The molecule has 0 amide bonds. The van der Waals surface area contributed by atoms with Crippen molar-refractivity contribution in [1.82, 2.24) is 0 Å². The number of carbonyl (C=O) groups excluding carboxylic acids is 1. The van der Waals surface area contributed by atoms with Gasteiger partial charge in [-0.2, -0.15) is 17.6 Å². The van der Waals surface area contributed by atoms with Crippen molar-refractivity contribution in [1.29, 1.82) is 0 Å². The number of ether oxygens (including phenoxy) is 2. The zero-order valence-electron chi connectivity index (χ0n) is 12.0. The molecule has 24 heavy (non-hydrogen) atoms. The number of benzene rings is 2. The number of hydrogen-bond acceptors (Lipinski definition) is 3. The normalized spacial score (nSPS) is 9.83. The number of halogens is 4. The van der Waals surface area contributed by atoms with E-state index >= 15 is 0 Å². The van der Waals surface area contributed by atoms with Crippen molar-refractivity contribution in [2.45, 2.75) is 0 Å². The third kappa shape index (κ3) is 4.98. The van der Waals surface area contributed by atoms with Crippen LogP contribution in [0.2, 0.25) is 0 Å². The molecule has 0 saturated carbocycles. The lowest BCUT2D eigenvalue weighted by atomic mass is 10.0. The van der Waals surface area contributed by atoms with Gasteiger partial charge < -0.3 is 9.47 Å². The van der Waals surface area contributed by atoms with E-state index in [2.05, 4.69) is 9.47 Å².